The molecule has 0 aliphatic carbocycles. The lowest BCUT2D eigenvalue weighted by Gasteiger charge is -2.24. The van der Waals surface area contributed by atoms with Gasteiger partial charge in [-0.2, -0.15) is 0 Å². The highest BCUT2D eigenvalue weighted by Gasteiger charge is 2.15. The maximum atomic E-state index is 11.3. The topological polar surface area (TPSA) is 85.2 Å². The molecule has 0 aliphatic rings. The predicted molar refractivity (Wildman–Crippen MR) is 85.9 cm³/mol. The molecule has 0 unspecified atom stereocenters. The Morgan fingerprint density at radius 2 is 2.10 bits per heavy atom. The van der Waals surface area contributed by atoms with Crippen LogP contribution in [-0.4, -0.2) is 24.0 Å². The number of carbonyl (C=O) groups excluding carboxylic acids is 1. The van der Waals surface area contributed by atoms with Gasteiger partial charge in [-0.3, -0.25) is 4.79 Å². The molecule has 1 heterocycles. The summed E-state index contributed by atoms with van der Waals surface area (Å²) in [6, 6.07) is 9.93. The van der Waals surface area contributed by atoms with E-state index in [1.165, 1.54) is 0 Å². The summed E-state index contributed by atoms with van der Waals surface area (Å²) in [4.78, 5) is 18.0. The number of fused-ring (bicyclic) bond motifs is 1. The molecule has 0 saturated heterocycles. The first-order valence-electron chi connectivity index (χ1n) is 7.27. The van der Waals surface area contributed by atoms with Gasteiger partial charge in [0.2, 0.25) is 5.91 Å². The van der Waals surface area contributed by atoms with Crippen LogP contribution in [0.1, 0.15) is 25.3 Å². The molecule has 0 aliphatic heterocycles. The molecule has 0 bridgehead atoms. The van der Waals surface area contributed by atoms with Crippen molar-refractivity contribution in [3.05, 3.63) is 35.9 Å². The minimum absolute atomic E-state index is 0.165. The molecule has 0 atom stereocenters. The van der Waals surface area contributed by atoms with Gasteiger partial charge < -0.3 is 16.4 Å². The Kier molecular flexibility index (Phi) is 5.11. The molecule has 5 nitrogen and oxygen atoms in total. The number of carbonyl (C=O) groups is 1. The highest BCUT2D eigenvalue weighted by Crippen LogP contribution is 2.23. The first-order chi connectivity index (χ1) is 10.2. The fourth-order valence-electron chi connectivity index (χ4n) is 2.37. The highest BCUT2D eigenvalue weighted by atomic mass is 16.1. The number of nitrogens with two attached hydrogens (primary N) is 2. The first-order valence-corrected chi connectivity index (χ1v) is 7.27. The number of hydrogen-bond donors (Lipinski definition) is 2. The SMILES string of the molecule is CCCCN(CC(N)=O)c1nc2ccccc2cc1CN. The molecule has 1 amide bonds. The van der Waals surface area contributed by atoms with Gasteiger partial charge in [0.05, 0.1) is 12.1 Å². The first kappa shape index (κ1) is 15.3. The van der Waals surface area contributed by atoms with Crippen molar-refractivity contribution < 1.29 is 4.79 Å². The monoisotopic (exact) mass is 286 g/mol. The van der Waals surface area contributed by atoms with E-state index in [9.17, 15) is 4.79 Å². The van der Waals surface area contributed by atoms with Crippen LogP contribution in [0.3, 0.4) is 0 Å². The molecule has 5 heteroatoms. The van der Waals surface area contributed by atoms with Gasteiger partial charge in [-0.15, -0.1) is 0 Å². The van der Waals surface area contributed by atoms with Crippen LogP contribution in [0.2, 0.25) is 0 Å². The summed E-state index contributed by atoms with van der Waals surface area (Å²) < 4.78 is 0. The molecule has 2 rings (SSSR count). The molecule has 2 aromatic rings. The van der Waals surface area contributed by atoms with Crippen molar-refractivity contribution in [2.24, 2.45) is 11.5 Å². The van der Waals surface area contributed by atoms with Crippen LogP contribution in [0.25, 0.3) is 10.9 Å². The largest absolute Gasteiger partial charge is 0.368 e. The van der Waals surface area contributed by atoms with Crippen molar-refractivity contribution in [3.63, 3.8) is 0 Å². The van der Waals surface area contributed by atoms with Crippen molar-refractivity contribution in [2.45, 2.75) is 26.3 Å². The third kappa shape index (κ3) is 3.70. The van der Waals surface area contributed by atoms with Crippen molar-refractivity contribution in [2.75, 3.05) is 18.0 Å². The number of rotatable bonds is 7. The summed E-state index contributed by atoms with van der Waals surface area (Å²) in [7, 11) is 0. The molecule has 0 fully saturated rings. The van der Waals surface area contributed by atoms with Crippen molar-refractivity contribution in [1.29, 1.82) is 0 Å². The molecule has 21 heavy (non-hydrogen) atoms. The van der Waals surface area contributed by atoms with Crippen molar-refractivity contribution >= 4 is 22.6 Å². The van der Waals surface area contributed by atoms with Gasteiger partial charge in [0.15, 0.2) is 0 Å². The molecule has 1 aromatic heterocycles. The number of hydrogen-bond acceptors (Lipinski definition) is 4. The van der Waals surface area contributed by atoms with E-state index in [4.69, 9.17) is 16.5 Å². The third-order valence-corrected chi connectivity index (χ3v) is 3.43. The van der Waals surface area contributed by atoms with E-state index in [2.05, 4.69) is 6.92 Å². The second-order valence-corrected chi connectivity index (χ2v) is 5.11. The number of amides is 1. The van der Waals surface area contributed by atoms with Gasteiger partial charge in [0.1, 0.15) is 5.82 Å². The minimum Gasteiger partial charge on any atom is -0.368 e. The van der Waals surface area contributed by atoms with E-state index in [1.54, 1.807) is 0 Å². The average Bonchev–Trinajstić information content (AvgIpc) is 2.49. The molecule has 0 saturated carbocycles. The summed E-state index contributed by atoms with van der Waals surface area (Å²) in [5, 5.41) is 1.05. The van der Waals surface area contributed by atoms with E-state index in [-0.39, 0.29) is 12.5 Å². The van der Waals surface area contributed by atoms with E-state index in [1.807, 2.05) is 35.2 Å². The van der Waals surface area contributed by atoms with Gasteiger partial charge in [0, 0.05) is 24.0 Å². The van der Waals surface area contributed by atoms with Crippen LogP contribution in [0, 0.1) is 0 Å². The van der Waals surface area contributed by atoms with Crippen LogP contribution in [-0.2, 0) is 11.3 Å². The number of aromatic nitrogens is 1. The number of unbranched alkanes of at least 4 members (excludes halogenated alkanes) is 1. The van der Waals surface area contributed by atoms with Gasteiger partial charge in [0.25, 0.3) is 0 Å². The molecule has 4 N–H and O–H groups in total. The summed E-state index contributed by atoms with van der Waals surface area (Å²) in [5.41, 5.74) is 13.1. The number of primary amides is 1. The Morgan fingerprint density at radius 3 is 2.76 bits per heavy atom. The standard InChI is InChI=1S/C16H22N4O/c1-2-3-8-20(11-15(18)21)16-13(10-17)9-12-6-4-5-7-14(12)19-16/h4-7,9H,2-3,8,10-11,17H2,1H3,(H2,18,21). The number of para-hydroxylation sites is 1. The van der Waals surface area contributed by atoms with Crippen LogP contribution >= 0.6 is 0 Å². The zero-order valence-electron chi connectivity index (χ0n) is 12.4. The van der Waals surface area contributed by atoms with Crippen molar-refractivity contribution in [3.8, 4) is 0 Å². The summed E-state index contributed by atoms with van der Waals surface area (Å²) >= 11 is 0. The molecule has 112 valence electrons. The lowest BCUT2D eigenvalue weighted by Crippen LogP contribution is -2.36. The molecule has 1 aromatic carbocycles. The van der Waals surface area contributed by atoms with Gasteiger partial charge in [-0.25, -0.2) is 4.98 Å². The fraction of sp³-hybridized carbons (Fsp3) is 0.375. The van der Waals surface area contributed by atoms with Crippen LogP contribution < -0.4 is 16.4 Å². The molecule has 0 radical (unpaired) electrons. The number of anilines is 1. The van der Waals surface area contributed by atoms with Crippen LogP contribution in [0.5, 0.6) is 0 Å². The van der Waals surface area contributed by atoms with E-state index in [0.717, 1.165) is 41.7 Å². The number of benzene rings is 1. The van der Waals surface area contributed by atoms with Crippen LogP contribution in [0.4, 0.5) is 5.82 Å². The summed E-state index contributed by atoms with van der Waals surface area (Å²) in [6.07, 6.45) is 2.02. The Balaban J connectivity index is 2.45. The second kappa shape index (κ2) is 7.04. The quantitative estimate of drug-likeness (QED) is 0.812. The van der Waals surface area contributed by atoms with E-state index in [0.29, 0.717) is 6.54 Å². The Bertz CT molecular complexity index is 627. The summed E-state index contributed by atoms with van der Waals surface area (Å²) in [6.45, 7) is 3.41. The number of nitrogens with zero attached hydrogens (tertiary/aromatic N) is 2. The maximum Gasteiger partial charge on any atom is 0.236 e. The highest BCUT2D eigenvalue weighted by molar-refractivity contribution is 5.84. The van der Waals surface area contributed by atoms with Crippen molar-refractivity contribution in [1.82, 2.24) is 4.98 Å². The minimum atomic E-state index is -0.357. The third-order valence-electron chi connectivity index (χ3n) is 3.43. The Morgan fingerprint density at radius 1 is 1.33 bits per heavy atom. The average molecular weight is 286 g/mol. The fourth-order valence-corrected chi connectivity index (χ4v) is 2.37. The Hall–Kier alpha value is -2.14. The molecular formula is C16H22N4O. The number of pyridine rings is 1. The normalized spacial score (nSPS) is 10.8. The smallest absolute Gasteiger partial charge is 0.236 e. The lowest BCUT2D eigenvalue weighted by molar-refractivity contribution is -0.116. The summed E-state index contributed by atoms with van der Waals surface area (Å²) in [5.74, 6) is 0.410. The zero-order chi connectivity index (χ0) is 15.2. The van der Waals surface area contributed by atoms with Crippen LogP contribution in [0.15, 0.2) is 30.3 Å². The van der Waals surface area contributed by atoms with E-state index >= 15 is 0 Å². The Labute approximate surface area is 124 Å². The predicted octanol–water partition coefficient (Wildman–Crippen LogP) is 1.79. The lowest BCUT2D eigenvalue weighted by atomic mass is 10.1. The maximum absolute atomic E-state index is 11.3. The molecular weight excluding hydrogens is 264 g/mol. The molecule has 0 spiro atoms. The second-order valence-electron chi connectivity index (χ2n) is 5.11. The van der Waals surface area contributed by atoms with E-state index < -0.39 is 0 Å². The van der Waals surface area contributed by atoms with Gasteiger partial charge >= 0.3 is 0 Å². The zero-order valence-corrected chi connectivity index (χ0v) is 12.4. The van der Waals surface area contributed by atoms with Gasteiger partial charge in [-0.1, -0.05) is 31.5 Å². The van der Waals surface area contributed by atoms with Gasteiger partial charge in [-0.05, 0) is 18.6 Å².